The molecular formula is C16H24BrNO2. The summed E-state index contributed by atoms with van der Waals surface area (Å²) in [5, 5.41) is 3.56. The Bertz CT molecular complexity index is 444. The smallest absolute Gasteiger partial charge is 0.124 e. The molecule has 2 rings (SSSR count). The number of methoxy groups -OCH3 is 1. The van der Waals surface area contributed by atoms with Crippen molar-refractivity contribution < 1.29 is 9.47 Å². The molecule has 2 atom stereocenters. The Morgan fingerprint density at radius 2 is 2.25 bits per heavy atom. The summed E-state index contributed by atoms with van der Waals surface area (Å²) in [6, 6.07) is 4.44. The molecule has 3 nitrogen and oxygen atoms in total. The van der Waals surface area contributed by atoms with E-state index in [1.807, 2.05) is 0 Å². The standard InChI is InChI=1S/C16H24BrNO2/c1-4-18-16(14-7-5-6-8-20-14)12-10-13(17)11(2)9-15(12)19-3/h9-10,14,16,18H,4-8H2,1-3H3. The highest BCUT2D eigenvalue weighted by Gasteiger charge is 2.28. The summed E-state index contributed by atoms with van der Waals surface area (Å²) in [6.45, 7) is 5.99. The molecule has 1 aliphatic heterocycles. The van der Waals surface area contributed by atoms with Gasteiger partial charge in [-0.05, 0) is 50.4 Å². The van der Waals surface area contributed by atoms with Gasteiger partial charge in [0, 0.05) is 16.6 Å². The fraction of sp³-hybridized carbons (Fsp3) is 0.625. The summed E-state index contributed by atoms with van der Waals surface area (Å²) >= 11 is 3.63. The quantitative estimate of drug-likeness (QED) is 0.878. The summed E-state index contributed by atoms with van der Waals surface area (Å²) in [5.74, 6) is 0.936. The maximum atomic E-state index is 5.98. The topological polar surface area (TPSA) is 30.5 Å². The minimum atomic E-state index is 0.187. The summed E-state index contributed by atoms with van der Waals surface area (Å²) < 4.78 is 12.7. The van der Waals surface area contributed by atoms with Crippen molar-refractivity contribution in [2.75, 3.05) is 20.3 Å². The summed E-state index contributed by atoms with van der Waals surface area (Å²) in [5.41, 5.74) is 2.36. The average Bonchev–Trinajstić information content (AvgIpc) is 2.48. The van der Waals surface area contributed by atoms with Gasteiger partial charge in [-0.25, -0.2) is 0 Å². The van der Waals surface area contributed by atoms with Gasteiger partial charge < -0.3 is 14.8 Å². The number of aryl methyl sites for hydroxylation is 1. The van der Waals surface area contributed by atoms with Gasteiger partial charge >= 0.3 is 0 Å². The van der Waals surface area contributed by atoms with Crippen LogP contribution in [0.2, 0.25) is 0 Å². The molecule has 0 bridgehead atoms. The van der Waals surface area contributed by atoms with E-state index >= 15 is 0 Å². The molecule has 1 saturated heterocycles. The van der Waals surface area contributed by atoms with E-state index in [9.17, 15) is 0 Å². The van der Waals surface area contributed by atoms with Gasteiger partial charge in [-0.2, -0.15) is 0 Å². The first-order chi connectivity index (χ1) is 9.67. The lowest BCUT2D eigenvalue weighted by atomic mass is 9.94. The first kappa shape index (κ1) is 15.8. The summed E-state index contributed by atoms with van der Waals surface area (Å²) in [6.07, 6.45) is 3.74. The number of likely N-dealkylation sites (N-methyl/N-ethyl adjacent to an activating group) is 1. The van der Waals surface area contributed by atoms with E-state index < -0.39 is 0 Å². The third-order valence-corrected chi connectivity index (χ3v) is 4.71. The average molecular weight is 342 g/mol. The second kappa shape index (κ2) is 7.43. The van der Waals surface area contributed by atoms with E-state index in [4.69, 9.17) is 9.47 Å². The second-order valence-corrected chi connectivity index (χ2v) is 6.14. The number of ether oxygens (including phenoxy) is 2. The maximum Gasteiger partial charge on any atom is 0.124 e. The van der Waals surface area contributed by atoms with Crippen LogP contribution in [0.15, 0.2) is 16.6 Å². The molecule has 0 aliphatic carbocycles. The molecule has 0 spiro atoms. The highest BCUT2D eigenvalue weighted by molar-refractivity contribution is 9.10. The van der Waals surface area contributed by atoms with Gasteiger partial charge in [0.1, 0.15) is 5.75 Å². The molecule has 1 N–H and O–H groups in total. The van der Waals surface area contributed by atoms with Crippen LogP contribution in [0.1, 0.15) is 43.4 Å². The van der Waals surface area contributed by atoms with Gasteiger partial charge in [0.25, 0.3) is 0 Å². The zero-order valence-corrected chi connectivity index (χ0v) is 14.1. The van der Waals surface area contributed by atoms with Crippen LogP contribution in [0.25, 0.3) is 0 Å². The van der Waals surface area contributed by atoms with Crippen LogP contribution in [0.3, 0.4) is 0 Å². The predicted molar refractivity (Wildman–Crippen MR) is 85.4 cm³/mol. The molecule has 1 aliphatic rings. The fourth-order valence-electron chi connectivity index (χ4n) is 2.78. The van der Waals surface area contributed by atoms with Crippen LogP contribution in [-0.4, -0.2) is 26.4 Å². The predicted octanol–water partition coefficient (Wildman–Crippen LogP) is 3.99. The van der Waals surface area contributed by atoms with E-state index in [0.717, 1.165) is 29.8 Å². The monoisotopic (exact) mass is 341 g/mol. The Morgan fingerprint density at radius 1 is 1.45 bits per heavy atom. The van der Waals surface area contributed by atoms with Crippen molar-refractivity contribution in [2.45, 2.75) is 45.3 Å². The van der Waals surface area contributed by atoms with Crippen LogP contribution >= 0.6 is 15.9 Å². The molecule has 1 aromatic rings. The molecule has 20 heavy (non-hydrogen) atoms. The van der Waals surface area contributed by atoms with Crippen molar-refractivity contribution in [1.29, 1.82) is 0 Å². The zero-order valence-electron chi connectivity index (χ0n) is 12.5. The Kier molecular flexibility index (Phi) is 5.87. The highest BCUT2D eigenvalue weighted by Crippen LogP contribution is 2.35. The summed E-state index contributed by atoms with van der Waals surface area (Å²) in [4.78, 5) is 0. The Hall–Kier alpha value is -0.580. The zero-order chi connectivity index (χ0) is 14.5. The number of halogens is 1. The first-order valence-electron chi connectivity index (χ1n) is 7.36. The molecule has 0 saturated carbocycles. The Balaban J connectivity index is 2.34. The second-order valence-electron chi connectivity index (χ2n) is 5.28. The van der Waals surface area contributed by atoms with Crippen LogP contribution in [-0.2, 0) is 4.74 Å². The van der Waals surface area contributed by atoms with Gasteiger partial charge in [0.15, 0.2) is 0 Å². The summed E-state index contributed by atoms with van der Waals surface area (Å²) in [7, 11) is 1.73. The van der Waals surface area contributed by atoms with Crippen LogP contribution < -0.4 is 10.1 Å². The SMILES string of the molecule is CCNC(c1cc(Br)c(C)cc1OC)C1CCCCO1. The molecule has 1 fully saturated rings. The number of hydrogen-bond acceptors (Lipinski definition) is 3. The van der Waals surface area contributed by atoms with Crippen molar-refractivity contribution in [3.8, 4) is 5.75 Å². The first-order valence-corrected chi connectivity index (χ1v) is 8.15. The number of hydrogen-bond donors (Lipinski definition) is 1. The van der Waals surface area contributed by atoms with Gasteiger partial charge in [-0.1, -0.05) is 22.9 Å². The molecule has 2 unspecified atom stereocenters. The van der Waals surface area contributed by atoms with Crippen LogP contribution in [0.4, 0.5) is 0 Å². The third kappa shape index (κ3) is 3.54. The molecule has 1 heterocycles. The van der Waals surface area contributed by atoms with E-state index in [1.54, 1.807) is 7.11 Å². The normalized spacial score (nSPS) is 20.7. The van der Waals surface area contributed by atoms with Crippen molar-refractivity contribution in [3.05, 3.63) is 27.7 Å². The van der Waals surface area contributed by atoms with Crippen molar-refractivity contribution in [1.82, 2.24) is 5.32 Å². The molecule has 0 aromatic heterocycles. The molecule has 0 radical (unpaired) electrons. The highest BCUT2D eigenvalue weighted by atomic mass is 79.9. The number of rotatable bonds is 5. The molecule has 0 amide bonds. The lowest BCUT2D eigenvalue weighted by Gasteiger charge is -2.32. The van der Waals surface area contributed by atoms with Crippen molar-refractivity contribution in [2.24, 2.45) is 0 Å². The van der Waals surface area contributed by atoms with Crippen LogP contribution in [0, 0.1) is 6.92 Å². The number of benzene rings is 1. The lowest BCUT2D eigenvalue weighted by Crippen LogP contribution is -2.36. The fourth-order valence-corrected chi connectivity index (χ4v) is 3.14. The third-order valence-electron chi connectivity index (χ3n) is 3.86. The molecule has 1 aromatic carbocycles. The van der Waals surface area contributed by atoms with Crippen LogP contribution in [0.5, 0.6) is 5.75 Å². The Labute approximate surface area is 130 Å². The minimum absolute atomic E-state index is 0.187. The number of nitrogens with one attached hydrogen (secondary N) is 1. The molecule has 4 heteroatoms. The van der Waals surface area contributed by atoms with E-state index in [2.05, 4.69) is 47.2 Å². The largest absolute Gasteiger partial charge is 0.496 e. The maximum absolute atomic E-state index is 5.98. The van der Waals surface area contributed by atoms with Gasteiger partial charge in [0.2, 0.25) is 0 Å². The molecular weight excluding hydrogens is 318 g/mol. The lowest BCUT2D eigenvalue weighted by molar-refractivity contribution is -0.00831. The molecule has 112 valence electrons. The van der Waals surface area contributed by atoms with E-state index in [1.165, 1.54) is 24.0 Å². The van der Waals surface area contributed by atoms with E-state index in [-0.39, 0.29) is 12.1 Å². The Morgan fingerprint density at radius 3 is 2.85 bits per heavy atom. The van der Waals surface area contributed by atoms with Crippen molar-refractivity contribution >= 4 is 15.9 Å². The van der Waals surface area contributed by atoms with Gasteiger partial charge in [-0.15, -0.1) is 0 Å². The van der Waals surface area contributed by atoms with Crippen molar-refractivity contribution in [3.63, 3.8) is 0 Å². The minimum Gasteiger partial charge on any atom is -0.496 e. The van der Waals surface area contributed by atoms with Gasteiger partial charge in [0.05, 0.1) is 19.3 Å². The van der Waals surface area contributed by atoms with E-state index in [0.29, 0.717) is 0 Å². The van der Waals surface area contributed by atoms with Gasteiger partial charge in [-0.3, -0.25) is 0 Å².